The predicted octanol–water partition coefficient (Wildman–Crippen LogP) is 1.24. The summed E-state index contributed by atoms with van der Waals surface area (Å²) in [5, 5.41) is 17.9. The molecule has 13 heavy (non-hydrogen) atoms. The summed E-state index contributed by atoms with van der Waals surface area (Å²) < 4.78 is 0. The lowest BCUT2D eigenvalue weighted by Gasteiger charge is -2.08. The fraction of sp³-hybridized carbons (Fsp3) is 0.250. The first-order valence-corrected chi connectivity index (χ1v) is 3.99. The van der Waals surface area contributed by atoms with Gasteiger partial charge in [-0.2, -0.15) is 0 Å². The van der Waals surface area contributed by atoms with Crippen molar-refractivity contribution in [3.8, 4) is 0 Å². The van der Waals surface area contributed by atoms with Gasteiger partial charge in [0.25, 0.3) is 0 Å². The third-order valence-electron chi connectivity index (χ3n) is 1.51. The molecule has 1 aromatic rings. The normalized spacial score (nSPS) is 12.5. The van der Waals surface area contributed by atoms with Gasteiger partial charge in [0.15, 0.2) is 0 Å². The lowest BCUT2D eigenvalue weighted by molar-refractivity contribution is -0.139. The number of hydrogen-bond donors (Lipinski definition) is 2. The number of nitrogens with zero attached hydrogens (tertiary/aromatic N) is 1. The average Bonchev–Trinajstić information content (AvgIpc) is 2.03. The number of carboxylic acid groups (broad SMARTS) is 1. The lowest BCUT2D eigenvalue weighted by atomic mass is 10.1. The van der Waals surface area contributed by atoms with E-state index in [1.165, 1.54) is 6.20 Å². The summed E-state index contributed by atoms with van der Waals surface area (Å²) in [6.45, 7) is 0. The van der Waals surface area contributed by atoms with E-state index in [-0.39, 0.29) is 11.6 Å². The van der Waals surface area contributed by atoms with Crippen molar-refractivity contribution in [3.63, 3.8) is 0 Å². The summed E-state index contributed by atoms with van der Waals surface area (Å²) in [5.41, 5.74) is 0.339. The van der Waals surface area contributed by atoms with E-state index in [9.17, 15) is 9.90 Å². The van der Waals surface area contributed by atoms with Crippen LogP contribution >= 0.6 is 11.6 Å². The van der Waals surface area contributed by atoms with Crippen LogP contribution in [0.25, 0.3) is 0 Å². The molecular weight excluding hydrogens is 194 g/mol. The molecule has 1 heterocycles. The van der Waals surface area contributed by atoms with Gasteiger partial charge >= 0.3 is 5.97 Å². The van der Waals surface area contributed by atoms with Crippen LogP contribution in [0.4, 0.5) is 0 Å². The second-order valence-corrected chi connectivity index (χ2v) is 2.86. The third-order valence-corrected chi connectivity index (χ3v) is 1.83. The van der Waals surface area contributed by atoms with E-state index in [2.05, 4.69) is 4.98 Å². The molecule has 0 aliphatic heterocycles. The molecule has 1 aromatic heterocycles. The molecule has 1 atom stereocenters. The smallest absolute Gasteiger partial charge is 0.306 e. The highest BCUT2D eigenvalue weighted by Crippen LogP contribution is 2.22. The van der Waals surface area contributed by atoms with Crippen molar-refractivity contribution in [1.82, 2.24) is 4.98 Å². The summed E-state index contributed by atoms with van der Waals surface area (Å²) >= 11 is 5.64. The number of pyridine rings is 1. The Hall–Kier alpha value is -1.13. The fourth-order valence-electron chi connectivity index (χ4n) is 0.922. The van der Waals surface area contributed by atoms with Crippen molar-refractivity contribution in [2.24, 2.45) is 0 Å². The van der Waals surface area contributed by atoms with Crippen LogP contribution in [0.15, 0.2) is 18.3 Å². The highest BCUT2D eigenvalue weighted by Gasteiger charge is 2.14. The fourth-order valence-corrected chi connectivity index (χ4v) is 1.17. The Labute approximate surface area is 79.8 Å². The Morgan fingerprint density at radius 3 is 2.92 bits per heavy atom. The first kappa shape index (κ1) is 9.95. The minimum Gasteiger partial charge on any atom is -0.481 e. The second kappa shape index (κ2) is 4.20. The largest absolute Gasteiger partial charge is 0.481 e. The zero-order chi connectivity index (χ0) is 9.84. The van der Waals surface area contributed by atoms with Crippen molar-refractivity contribution in [1.29, 1.82) is 0 Å². The first-order valence-electron chi connectivity index (χ1n) is 3.61. The highest BCUT2D eigenvalue weighted by molar-refractivity contribution is 6.30. The molecule has 1 rings (SSSR count). The van der Waals surface area contributed by atoms with Crippen molar-refractivity contribution >= 4 is 17.6 Å². The van der Waals surface area contributed by atoms with Crippen molar-refractivity contribution in [2.75, 3.05) is 0 Å². The maximum Gasteiger partial charge on any atom is 0.306 e. The van der Waals surface area contributed by atoms with Crippen LogP contribution in [-0.4, -0.2) is 21.2 Å². The molecule has 0 aliphatic carbocycles. The Morgan fingerprint density at radius 2 is 2.38 bits per heavy atom. The van der Waals surface area contributed by atoms with Crippen LogP contribution in [-0.2, 0) is 4.79 Å². The Bertz CT molecular complexity index is 316. The molecule has 0 radical (unpaired) electrons. The first-order chi connectivity index (χ1) is 6.11. The molecule has 0 spiro atoms. The van der Waals surface area contributed by atoms with Crippen LogP contribution in [0.3, 0.4) is 0 Å². The number of carbonyl (C=O) groups is 1. The zero-order valence-corrected chi connectivity index (χ0v) is 7.40. The van der Waals surface area contributed by atoms with E-state index in [1.54, 1.807) is 12.1 Å². The van der Waals surface area contributed by atoms with E-state index in [0.29, 0.717) is 5.56 Å². The van der Waals surface area contributed by atoms with Gasteiger partial charge in [-0.3, -0.25) is 4.79 Å². The molecule has 0 saturated heterocycles. The number of rotatable bonds is 3. The lowest BCUT2D eigenvalue weighted by Crippen LogP contribution is -2.06. The summed E-state index contributed by atoms with van der Waals surface area (Å²) in [6, 6.07) is 3.13. The Kier molecular flexibility index (Phi) is 3.22. The number of aromatic nitrogens is 1. The van der Waals surface area contributed by atoms with Crippen LogP contribution in [0, 0.1) is 0 Å². The number of carboxylic acids is 1. The molecule has 0 fully saturated rings. The van der Waals surface area contributed by atoms with Crippen molar-refractivity contribution in [3.05, 3.63) is 29.0 Å². The van der Waals surface area contributed by atoms with Crippen LogP contribution in [0.1, 0.15) is 18.1 Å². The number of aliphatic hydroxyl groups is 1. The van der Waals surface area contributed by atoms with Crippen molar-refractivity contribution < 1.29 is 15.0 Å². The van der Waals surface area contributed by atoms with Gasteiger partial charge in [-0.25, -0.2) is 4.98 Å². The number of aliphatic carboxylic acids is 1. The maximum atomic E-state index is 10.3. The quantitative estimate of drug-likeness (QED) is 0.722. The Morgan fingerprint density at radius 1 is 1.69 bits per heavy atom. The summed E-state index contributed by atoms with van der Waals surface area (Å²) in [4.78, 5) is 14.0. The van der Waals surface area contributed by atoms with Gasteiger partial charge in [0.1, 0.15) is 5.15 Å². The SMILES string of the molecule is O=C(O)C[C@@H](O)c1cccnc1Cl. The standard InChI is InChI=1S/C8H8ClNO3/c9-8-5(2-1-3-10-8)6(11)4-7(12)13/h1-3,6,11H,4H2,(H,12,13)/t6-/m1/s1. The van der Waals surface area contributed by atoms with Gasteiger partial charge in [-0.05, 0) is 6.07 Å². The number of aliphatic hydroxyl groups excluding tert-OH is 1. The summed E-state index contributed by atoms with van der Waals surface area (Å²) in [5.74, 6) is -1.08. The molecule has 0 aliphatic rings. The van der Waals surface area contributed by atoms with E-state index < -0.39 is 12.1 Å². The van der Waals surface area contributed by atoms with Crippen molar-refractivity contribution in [2.45, 2.75) is 12.5 Å². The molecule has 0 bridgehead atoms. The minimum absolute atomic E-state index is 0.135. The molecule has 0 aromatic carbocycles. The molecule has 0 unspecified atom stereocenters. The van der Waals surface area contributed by atoms with Gasteiger partial charge in [0, 0.05) is 11.8 Å². The van der Waals surface area contributed by atoms with Crippen LogP contribution < -0.4 is 0 Å². The van der Waals surface area contributed by atoms with E-state index in [1.807, 2.05) is 0 Å². The Balaban J connectivity index is 2.82. The molecule has 4 nitrogen and oxygen atoms in total. The van der Waals surface area contributed by atoms with Crippen LogP contribution in [0.5, 0.6) is 0 Å². The number of halogens is 1. The molecule has 0 amide bonds. The third kappa shape index (κ3) is 2.68. The topological polar surface area (TPSA) is 70.4 Å². The van der Waals surface area contributed by atoms with E-state index in [4.69, 9.17) is 16.7 Å². The average molecular weight is 202 g/mol. The predicted molar refractivity (Wildman–Crippen MR) is 46.5 cm³/mol. The molecular formula is C8H8ClNO3. The maximum absolute atomic E-state index is 10.3. The van der Waals surface area contributed by atoms with E-state index >= 15 is 0 Å². The zero-order valence-electron chi connectivity index (χ0n) is 6.64. The van der Waals surface area contributed by atoms with Gasteiger partial charge in [-0.15, -0.1) is 0 Å². The second-order valence-electron chi connectivity index (χ2n) is 2.50. The monoisotopic (exact) mass is 201 g/mol. The molecule has 5 heteroatoms. The van der Waals surface area contributed by atoms with Gasteiger partial charge in [0.05, 0.1) is 12.5 Å². The molecule has 2 N–H and O–H groups in total. The summed E-state index contributed by atoms with van der Waals surface area (Å²) in [7, 11) is 0. The number of hydrogen-bond acceptors (Lipinski definition) is 3. The highest BCUT2D eigenvalue weighted by atomic mass is 35.5. The molecule has 70 valence electrons. The van der Waals surface area contributed by atoms with Gasteiger partial charge in [-0.1, -0.05) is 17.7 Å². The van der Waals surface area contributed by atoms with Gasteiger partial charge in [0.2, 0.25) is 0 Å². The van der Waals surface area contributed by atoms with Gasteiger partial charge < -0.3 is 10.2 Å². The summed E-state index contributed by atoms with van der Waals surface area (Å²) in [6.07, 6.45) is 0.00349. The minimum atomic E-state index is -1.10. The molecule has 0 saturated carbocycles. The van der Waals surface area contributed by atoms with E-state index in [0.717, 1.165) is 0 Å². The van der Waals surface area contributed by atoms with Crippen LogP contribution in [0.2, 0.25) is 5.15 Å².